The Balaban J connectivity index is 0. The molecule has 0 fully saturated rings. The first kappa shape index (κ1) is 81.5. The highest BCUT2D eigenvalue weighted by Gasteiger charge is 1.67. The van der Waals surface area contributed by atoms with Gasteiger partial charge in [0.2, 0.25) is 0 Å². The summed E-state index contributed by atoms with van der Waals surface area (Å²) in [5.41, 5.74) is 0. The van der Waals surface area contributed by atoms with E-state index in [-0.39, 0.29) is 7.43 Å². The van der Waals surface area contributed by atoms with Gasteiger partial charge in [0.05, 0.1) is 0 Å². The van der Waals surface area contributed by atoms with Crippen LogP contribution in [0.15, 0.2) is 0 Å². The first-order chi connectivity index (χ1) is 49.9. The molecule has 0 aromatic rings. The van der Waals surface area contributed by atoms with Gasteiger partial charge < -0.3 is 0 Å². The van der Waals surface area contributed by atoms with Crippen LogP contribution in [0.25, 0.3) is 0 Å². The number of rotatable bonds is 0. The molecule has 0 aromatic carbocycles. The lowest BCUT2D eigenvalue weighted by molar-refractivity contribution is 1.92. The van der Waals surface area contributed by atoms with Crippen LogP contribution in [-0.2, 0) is 0 Å². The Labute approximate surface area is 597 Å². The van der Waals surface area contributed by atoms with Gasteiger partial charge in [0.15, 0.2) is 0 Å². The maximum absolute atomic E-state index is 2.63. The molecule has 0 rings (SSSR count). The minimum absolute atomic E-state index is 0. The molecule has 0 saturated heterocycles. The maximum atomic E-state index is 2.63. The molecule has 414 valence electrons. The molecule has 0 nitrogen and oxygen atoms in total. The van der Waals surface area contributed by atoms with Gasteiger partial charge >= 0.3 is 0 Å². The summed E-state index contributed by atoms with van der Waals surface area (Å²) in [6.07, 6.45) is 0. The van der Waals surface area contributed by atoms with Gasteiger partial charge in [-0.1, -0.05) is 19.3 Å². The molecule has 0 atom stereocenters. The van der Waals surface area contributed by atoms with Crippen molar-refractivity contribution >= 4 is 0 Å². The zero-order valence-corrected chi connectivity index (χ0v) is 51.0. The Bertz CT molecular complexity index is 6610. The standard InChI is InChI=1S/C100H6.CH4/c1-3-5-7-9-11-13-15-17-19-21-23-25-27-29-31-33-35-37-39-41-43-45-47-49-51-53-55-57-59-61-63-65-67-69-71-73-75-77-79-81-83-85-87-89-91-93-95-97-99-100-98-96-94-92-90-88-86-84-82-80-78-76-74-72-70-68-66-64-62-60-58-56-54-52-50-48-46-44-42-40-38-36-34-32-30-28-26-24-22-20-18-16-14-12-10-8-6-4-2;/h1-2H3;1H4. The van der Waals surface area contributed by atoms with E-state index in [9.17, 15) is 0 Å². The molecule has 0 unspecified atom stereocenters. The number of hydrogen-bond donors (Lipinski definition) is 0. The molecule has 0 aliphatic carbocycles. The second-order valence-electron chi connectivity index (χ2n) is 12.5. The molecule has 0 N–H and O–H groups in total. The molecule has 0 bridgehead atoms. The van der Waals surface area contributed by atoms with Crippen LogP contribution in [0.5, 0.6) is 0 Å². The lowest BCUT2D eigenvalue weighted by atomic mass is 10.4. The normalized spacial score (nSPS) is 3.94. The van der Waals surface area contributed by atoms with Crippen LogP contribution >= 0.6 is 0 Å². The van der Waals surface area contributed by atoms with Gasteiger partial charge in [0, 0.05) is 474 Å². The van der Waals surface area contributed by atoms with E-state index in [1.807, 2.05) is 0 Å². The highest BCUT2D eigenvalue weighted by Crippen LogP contribution is 1.67. The Morgan fingerprint density at radius 3 is 0.119 bits per heavy atom. The van der Waals surface area contributed by atoms with Crippen molar-refractivity contribution in [1.82, 2.24) is 0 Å². The van der Waals surface area contributed by atoms with E-state index in [1.54, 1.807) is 13.8 Å². The highest BCUT2D eigenvalue weighted by atomic mass is 13.7. The van der Waals surface area contributed by atoms with Crippen molar-refractivity contribution < 1.29 is 0 Å². The van der Waals surface area contributed by atoms with E-state index in [2.05, 4.69) is 580 Å². The summed E-state index contributed by atoms with van der Waals surface area (Å²) in [4.78, 5) is 0. The summed E-state index contributed by atoms with van der Waals surface area (Å²) in [5, 5.41) is 0. The zero-order chi connectivity index (χ0) is 71.3. The van der Waals surface area contributed by atoms with Crippen molar-refractivity contribution in [3.05, 3.63) is 0 Å². The molecule has 0 heterocycles. The SMILES string of the molecule is C.CC#CC#CC#CC#CC#CC#CC#CC#CC#CC#CC#CC#CC#CC#CC#CC#CC#CC#CC#CC#CC#CC#CC#CC#CC#CC#CC#CC#CC#CC#CC#CC#CC#CC#CC#CC#CC#CC#CC#CC#CC#CC#CC#CC#CC#CC#CC#CC#CC#CC. The van der Waals surface area contributed by atoms with Crippen molar-refractivity contribution in [2.45, 2.75) is 21.3 Å². The van der Waals surface area contributed by atoms with E-state index in [0.29, 0.717) is 0 Å². The van der Waals surface area contributed by atoms with E-state index >= 15 is 0 Å². The van der Waals surface area contributed by atoms with E-state index < -0.39 is 0 Å². The summed E-state index contributed by atoms with van der Waals surface area (Å²) in [6.45, 7) is 3.37. The minimum atomic E-state index is 0. The lowest BCUT2D eigenvalue weighted by Gasteiger charge is -1.58. The van der Waals surface area contributed by atoms with Crippen molar-refractivity contribution in [3.8, 4) is 580 Å². The van der Waals surface area contributed by atoms with Crippen molar-refractivity contribution in [3.63, 3.8) is 0 Å². The quantitative estimate of drug-likeness (QED) is 0.326. The van der Waals surface area contributed by atoms with Gasteiger partial charge in [-0.05, 0) is 109 Å². The smallest absolute Gasteiger partial charge is 0 e. The molecule has 101 heavy (non-hydrogen) atoms. The fourth-order valence-electron chi connectivity index (χ4n) is 3.06. The predicted octanol–water partition coefficient (Wildman–Crippen LogP) is 1.83. The van der Waals surface area contributed by atoms with E-state index in [1.165, 1.54) is 0 Å². The Hall–Kier alpha value is -21.6. The van der Waals surface area contributed by atoms with Gasteiger partial charge in [-0.15, -0.1) is 0 Å². The van der Waals surface area contributed by atoms with Gasteiger partial charge in [-0.25, -0.2) is 0 Å². The lowest BCUT2D eigenvalue weighted by Crippen LogP contribution is -1.57. The maximum Gasteiger partial charge on any atom is 0 e. The minimum Gasteiger partial charge on any atom is -0.0925 e. The van der Waals surface area contributed by atoms with Gasteiger partial charge in [0.1, 0.15) is 0 Å². The third-order valence-corrected chi connectivity index (χ3v) is 6.19. The van der Waals surface area contributed by atoms with E-state index in [0.717, 1.165) is 0 Å². The van der Waals surface area contributed by atoms with Crippen LogP contribution in [0, 0.1) is 580 Å². The Kier molecular flexibility index (Phi) is 65.0. The fourth-order valence-corrected chi connectivity index (χ4v) is 3.06. The monoisotopic (exact) mass is 1220 g/mol. The summed E-state index contributed by atoms with van der Waals surface area (Å²) in [5.74, 6) is 246. The Morgan fingerprint density at radius 1 is 0.0594 bits per heavy atom. The summed E-state index contributed by atoms with van der Waals surface area (Å²) < 4.78 is 0. The van der Waals surface area contributed by atoms with Crippen molar-refractivity contribution in [2.24, 2.45) is 0 Å². The molecule has 0 aromatic heterocycles. The molecule has 0 aliphatic rings. The summed E-state index contributed by atoms with van der Waals surface area (Å²) in [7, 11) is 0. The second-order valence-corrected chi connectivity index (χ2v) is 12.5. The molecular weight excluding hydrogens is 1210 g/mol. The van der Waals surface area contributed by atoms with Crippen LogP contribution in [0.1, 0.15) is 21.3 Å². The van der Waals surface area contributed by atoms with Gasteiger partial charge in [-0.2, -0.15) is 0 Å². The molecule has 0 radical (unpaired) electrons. The average Bonchev–Trinajstić information content (AvgIpc) is 3.67. The summed E-state index contributed by atoms with van der Waals surface area (Å²) in [6, 6.07) is 0. The zero-order valence-electron chi connectivity index (χ0n) is 51.0. The van der Waals surface area contributed by atoms with Crippen molar-refractivity contribution in [2.75, 3.05) is 0 Å². The molecule has 0 amide bonds. The van der Waals surface area contributed by atoms with Crippen LogP contribution in [-0.4, -0.2) is 0 Å². The van der Waals surface area contributed by atoms with Gasteiger partial charge in [-0.3, -0.25) is 0 Å². The molecule has 0 aliphatic heterocycles. The predicted molar refractivity (Wildman–Crippen MR) is 399 cm³/mol. The molecule has 0 heteroatoms. The summed E-state index contributed by atoms with van der Waals surface area (Å²) >= 11 is 0. The average molecular weight is 1220 g/mol. The van der Waals surface area contributed by atoms with Crippen LogP contribution in [0.3, 0.4) is 0 Å². The second kappa shape index (κ2) is 80.5. The molecule has 0 spiro atoms. The fraction of sp³-hybridized carbons (Fsp3) is 0.0297. The van der Waals surface area contributed by atoms with Crippen LogP contribution < -0.4 is 0 Å². The van der Waals surface area contributed by atoms with Crippen molar-refractivity contribution in [1.29, 1.82) is 0 Å². The van der Waals surface area contributed by atoms with E-state index in [4.69, 9.17) is 0 Å². The third-order valence-electron chi connectivity index (χ3n) is 6.19. The first-order valence-corrected chi connectivity index (χ1v) is 25.2. The topological polar surface area (TPSA) is 0 Å². The molecular formula is C101H10. The van der Waals surface area contributed by atoms with Crippen LogP contribution in [0.4, 0.5) is 0 Å². The number of hydrogen-bond acceptors (Lipinski definition) is 0. The third kappa shape index (κ3) is 80.5. The largest absolute Gasteiger partial charge is 0.0925 e. The highest BCUT2D eigenvalue weighted by molar-refractivity contribution is 5.56. The molecule has 0 saturated carbocycles. The Morgan fingerprint density at radius 2 is 0.0891 bits per heavy atom. The first-order valence-electron chi connectivity index (χ1n) is 25.2. The van der Waals surface area contributed by atoms with Crippen LogP contribution in [0.2, 0.25) is 0 Å². The van der Waals surface area contributed by atoms with Gasteiger partial charge in [0.25, 0.3) is 0 Å².